The van der Waals surface area contributed by atoms with Crippen molar-refractivity contribution in [3.8, 4) is 6.07 Å². The van der Waals surface area contributed by atoms with Crippen molar-refractivity contribution >= 4 is 21.8 Å². The molecule has 7 heteroatoms. The molecule has 0 saturated carbocycles. The Labute approximate surface area is 92.4 Å². The van der Waals surface area contributed by atoms with E-state index in [9.17, 15) is 8.42 Å². The van der Waals surface area contributed by atoms with E-state index in [-0.39, 0.29) is 5.75 Å². The van der Waals surface area contributed by atoms with Crippen molar-refractivity contribution in [2.24, 2.45) is 5.14 Å². The van der Waals surface area contributed by atoms with Crippen LogP contribution in [0.2, 0.25) is 0 Å². The summed E-state index contributed by atoms with van der Waals surface area (Å²) < 4.78 is 21.3. The molecule has 0 amide bonds. The van der Waals surface area contributed by atoms with Gasteiger partial charge in [0.1, 0.15) is 6.07 Å². The number of hydrogen-bond donors (Lipinski definition) is 1. The smallest absolute Gasteiger partial charge is 0.209 e. The molecule has 1 rings (SSSR count). The van der Waals surface area contributed by atoms with Crippen molar-refractivity contribution in [2.45, 2.75) is 4.90 Å². The number of aromatic nitrogens is 1. The summed E-state index contributed by atoms with van der Waals surface area (Å²) in [6.07, 6.45) is 1.52. The maximum absolute atomic E-state index is 10.7. The summed E-state index contributed by atoms with van der Waals surface area (Å²) in [5, 5.41) is 13.6. The number of nitriles is 1. The average Bonchev–Trinajstić information content (AvgIpc) is 2.16. The molecule has 0 bridgehead atoms. The molecule has 2 N–H and O–H groups in total. The highest BCUT2D eigenvalue weighted by atomic mass is 32.2. The van der Waals surface area contributed by atoms with Gasteiger partial charge in [-0.25, -0.2) is 18.5 Å². The van der Waals surface area contributed by atoms with Gasteiger partial charge in [-0.2, -0.15) is 5.26 Å². The highest BCUT2D eigenvalue weighted by Crippen LogP contribution is 2.19. The Morgan fingerprint density at radius 2 is 2.33 bits per heavy atom. The van der Waals surface area contributed by atoms with E-state index in [2.05, 4.69) is 4.98 Å². The Balaban J connectivity index is 2.63. The van der Waals surface area contributed by atoms with Gasteiger partial charge in [-0.05, 0) is 12.1 Å². The lowest BCUT2D eigenvalue weighted by Crippen LogP contribution is -2.17. The summed E-state index contributed by atoms with van der Waals surface area (Å²) in [5.74, 6) is 0.205. The summed E-state index contributed by atoms with van der Waals surface area (Å²) in [6.45, 7) is 0. The quantitative estimate of drug-likeness (QED) is 0.769. The van der Waals surface area contributed by atoms with Crippen molar-refractivity contribution < 1.29 is 8.42 Å². The summed E-state index contributed by atoms with van der Waals surface area (Å²) in [6, 6.07) is 5.35. The molecule has 0 aromatic carbocycles. The van der Waals surface area contributed by atoms with Gasteiger partial charge in [0.2, 0.25) is 10.0 Å². The van der Waals surface area contributed by atoms with Gasteiger partial charge < -0.3 is 0 Å². The number of rotatable bonds is 4. The fraction of sp³-hybridized carbons (Fsp3) is 0.250. The third kappa shape index (κ3) is 4.29. The first-order valence-electron chi connectivity index (χ1n) is 4.01. The monoisotopic (exact) mass is 243 g/mol. The number of primary sulfonamides is 1. The zero-order valence-corrected chi connectivity index (χ0v) is 9.38. The van der Waals surface area contributed by atoms with E-state index in [1.165, 1.54) is 18.0 Å². The van der Waals surface area contributed by atoms with Crippen LogP contribution in [0.1, 0.15) is 5.69 Å². The minimum atomic E-state index is -3.44. The van der Waals surface area contributed by atoms with E-state index in [1.54, 1.807) is 12.1 Å². The predicted molar refractivity (Wildman–Crippen MR) is 57.7 cm³/mol. The Morgan fingerprint density at radius 1 is 1.60 bits per heavy atom. The molecule has 1 aromatic heterocycles. The Bertz CT molecular complexity index is 479. The molecule has 0 aliphatic carbocycles. The fourth-order valence-corrected chi connectivity index (χ4v) is 2.75. The van der Waals surface area contributed by atoms with E-state index in [1.807, 2.05) is 6.07 Å². The number of sulfonamides is 1. The largest absolute Gasteiger partial charge is 0.244 e. The molecule has 0 unspecified atom stereocenters. The van der Waals surface area contributed by atoms with E-state index in [0.717, 1.165) is 0 Å². The van der Waals surface area contributed by atoms with Crippen LogP contribution in [0.4, 0.5) is 0 Å². The Kier molecular flexibility index (Phi) is 4.08. The lowest BCUT2D eigenvalue weighted by atomic mass is 10.4. The van der Waals surface area contributed by atoms with E-state index in [0.29, 0.717) is 16.3 Å². The Hall–Kier alpha value is -1.10. The molecule has 1 heterocycles. The highest BCUT2D eigenvalue weighted by molar-refractivity contribution is 8.00. The van der Waals surface area contributed by atoms with E-state index >= 15 is 0 Å². The summed E-state index contributed by atoms with van der Waals surface area (Å²) >= 11 is 1.25. The molecule has 15 heavy (non-hydrogen) atoms. The lowest BCUT2D eigenvalue weighted by molar-refractivity contribution is 0.599. The van der Waals surface area contributed by atoms with Gasteiger partial charge in [0, 0.05) is 16.8 Å². The topological polar surface area (TPSA) is 96.8 Å². The summed E-state index contributed by atoms with van der Waals surface area (Å²) in [4.78, 5) is 4.52. The molecule has 0 aliphatic heterocycles. The molecule has 1 aromatic rings. The van der Waals surface area contributed by atoms with Crippen LogP contribution in [-0.4, -0.2) is 24.9 Å². The van der Waals surface area contributed by atoms with Crippen molar-refractivity contribution in [3.05, 3.63) is 24.0 Å². The molecule has 0 fully saturated rings. The number of nitrogens with zero attached hydrogens (tertiary/aromatic N) is 2. The van der Waals surface area contributed by atoms with Crippen LogP contribution < -0.4 is 5.14 Å². The Morgan fingerprint density at radius 3 is 2.93 bits per heavy atom. The minimum Gasteiger partial charge on any atom is -0.244 e. The first-order valence-corrected chi connectivity index (χ1v) is 6.71. The second-order valence-corrected chi connectivity index (χ2v) is 5.55. The molecular formula is C8H9N3O2S2. The molecule has 0 radical (unpaired) electrons. The van der Waals surface area contributed by atoms with E-state index in [4.69, 9.17) is 10.4 Å². The predicted octanol–water partition coefficient (Wildman–Crippen LogP) is 0.334. The van der Waals surface area contributed by atoms with Gasteiger partial charge in [-0.15, -0.1) is 11.8 Å². The number of nitrogens with two attached hydrogens (primary N) is 1. The van der Waals surface area contributed by atoms with Crippen LogP contribution in [0, 0.1) is 11.3 Å². The van der Waals surface area contributed by atoms with Crippen molar-refractivity contribution in [1.82, 2.24) is 4.98 Å². The molecule has 0 atom stereocenters. The van der Waals surface area contributed by atoms with Gasteiger partial charge in [0.25, 0.3) is 0 Å². The normalized spacial score (nSPS) is 10.9. The van der Waals surface area contributed by atoms with Crippen LogP contribution in [-0.2, 0) is 10.0 Å². The van der Waals surface area contributed by atoms with Crippen molar-refractivity contribution in [2.75, 3.05) is 11.5 Å². The van der Waals surface area contributed by atoms with Crippen LogP contribution in [0.25, 0.3) is 0 Å². The van der Waals surface area contributed by atoms with Gasteiger partial charge in [-0.1, -0.05) is 0 Å². The van der Waals surface area contributed by atoms with Gasteiger partial charge in [-0.3, -0.25) is 0 Å². The van der Waals surface area contributed by atoms with Gasteiger partial charge in [0.05, 0.1) is 5.75 Å². The number of hydrogen-bond acceptors (Lipinski definition) is 5. The van der Waals surface area contributed by atoms with Crippen LogP contribution in [0.5, 0.6) is 0 Å². The second-order valence-electron chi connectivity index (χ2n) is 2.68. The summed E-state index contributed by atoms with van der Waals surface area (Å²) in [5.41, 5.74) is 0.303. The van der Waals surface area contributed by atoms with E-state index < -0.39 is 10.0 Å². The van der Waals surface area contributed by atoms with Gasteiger partial charge in [0.15, 0.2) is 5.69 Å². The maximum atomic E-state index is 10.7. The number of pyridine rings is 1. The molecule has 0 saturated heterocycles. The van der Waals surface area contributed by atoms with Crippen molar-refractivity contribution in [1.29, 1.82) is 5.26 Å². The zero-order valence-electron chi connectivity index (χ0n) is 7.75. The third-order valence-corrected chi connectivity index (χ3v) is 3.58. The summed E-state index contributed by atoms with van der Waals surface area (Å²) in [7, 11) is -3.44. The fourth-order valence-electron chi connectivity index (χ4n) is 0.859. The SMILES string of the molecule is N#Cc1ncccc1SCCS(N)(=O)=O. The third-order valence-electron chi connectivity index (χ3n) is 1.50. The van der Waals surface area contributed by atoms with Crippen LogP contribution in [0.3, 0.4) is 0 Å². The minimum absolute atomic E-state index is 0.114. The van der Waals surface area contributed by atoms with Crippen molar-refractivity contribution in [3.63, 3.8) is 0 Å². The highest BCUT2D eigenvalue weighted by Gasteiger charge is 2.06. The molecule has 0 spiro atoms. The molecule has 80 valence electrons. The average molecular weight is 243 g/mol. The second kappa shape index (κ2) is 5.11. The first kappa shape index (κ1) is 12.0. The number of thioether (sulfide) groups is 1. The zero-order chi connectivity index (χ0) is 11.3. The molecule has 5 nitrogen and oxygen atoms in total. The first-order chi connectivity index (χ1) is 7.03. The lowest BCUT2D eigenvalue weighted by Gasteiger charge is -2.01. The molecule has 0 aliphatic rings. The maximum Gasteiger partial charge on any atom is 0.209 e. The molecular weight excluding hydrogens is 234 g/mol. The standard InChI is InChI=1S/C8H9N3O2S2/c9-6-7-8(2-1-3-11-7)14-4-5-15(10,12)13/h1-3H,4-5H2,(H2,10,12,13). The van der Waals surface area contributed by atoms with Gasteiger partial charge >= 0.3 is 0 Å². The van der Waals surface area contributed by atoms with Crippen LogP contribution >= 0.6 is 11.8 Å². The van der Waals surface area contributed by atoms with Crippen LogP contribution in [0.15, 0.2) is 23.2 Å².